The van der Waals surface area contributed by atoms with Gasteiger partial charge in [-0.05, 0) is 38.8 Å². The van der Waals surface area contributed by atoms with E-state index in [0.717, 1.165) is 19.0 Å². The third-order valence-electron chi connectivity index (χ3n) is 2.89. The van der Waals surface area contributed by atoms with Crippen molar-refractivity contribution in [3.05, 3.63) is 36.6 Å². The molecule has 0 aromatic rings. The van der Waals surface area contributed by atoms with E-state index < -0.39 is 0 Å². The minimum atomic E-state index is 0.903. The predicted molar refractivity (Wildman–Crippen MR) is 90.4 cm³/mol. The third kappa shape index (κ3) is 13.3. The van der Waals surface area contributed by atoms with Crippen LogP contribution in [0.2, 0.25) is 0 Å². The molecule has 0 aliphatic rings. The average Bonchev–Trinajstić information content (AvgIpc) is 2.39. The maximum atomic E-state index is 3.70. The molecule has 0 aromatic carbocycles. The molecule has 1 nitrogen and oxygen atoms in total. The molecule has 0 N–H and O–H groups in total. The monoisotopic (exact) mass is 265 g/mol. The molecule has 0 amide bonds. The minimum Gasteiger partial charge on any atom is -0.372 e. The highest BCUT2D eigenvalue weighted by molar-refractivity contribution is 5.21. The van der Waals surface area contributed by atoms with Gasteiger partial charge in [0.15, 0.2) is 0 Å². The molecule has 0 aromatic heterocycles. The molecular formula is C18H35N. The van der Waals surface area contributed by atoms with E-state index in [2.05, 4.69) is 52.2 Å². The second-order valence-electron chi connectivity index (χ2n) is 5.04. The summed E-state index contributed by atoms with van der Waals surface area (Å²) in [6.45, 7) is 18.9. The van der Waals surface area contributed by atoms with Crippen LogP contribution in [0.3, 0.4) is 0 Å². The lowest BCUT2D eigenvalue weighted by Crippen LogP contribution is -2.20. The van der Waals surface area contributed by atoms with Crippen LogP contribution in [0.15, 0.2) is 36.6 Å². The number of hydrogen-bond donors (Lipinski definition) is 0. The molecule has 0 saturated carbocycles. The van der Waals surface area contributed by atoms with E-state index in [4.69, 9.17) is 0 Å². The fourth-order valence-corrected chi connectivity index (χ4v) is 1.76. The highest BCUT2D eigenvalue weighted by Crippen LogP contribution is 2.05. The Labute approximate surface area is 122 Å². The van der Waals surface area contributed by atoms with Crippen LogP contribution in [0.1, 0.15) is 60.8 Å². The van der Waals surface area contributed by atoms with Crippen molar-refractivity contribution in [2.24, 2.45) is 5.92 Å². The average molecular weight is 265 g/mol. The Bertz CT molecular complexity index is 244. The lowest BCUT2D eigenvalue weighted by atomic mass is 10.1. The van der Waals surface area contributed by atoms with E-state index in [-0.39, 0.29) is 0 Å². The second kappa shape index (κ2) is 15.1. The van der Waals surface area contributed by atoms with Crippen molar-refractivity contribution in [1.29, 1.82) is 0 Å². The zero-order valence-electron chi connectivity index (χ0n) is 14.1. The first-order valence-electron chi connectivity index (χ1n) is 7.77. The summed E-state index contributed by atoms with van der Waals surface area (Å²) in [6.07, 6.45) is 12.2. The molecule has 0 unspecified atom stereocenters. The van der Waals surface area contributed by atoms with Crippen molar-refractivity contribution in [3.63, 3.8) is 0 Å². The molecule has 0 spiro atoms. The molecule has 0 rings (SSSR count). The Hall–Kier alpha value is -0.980. The summed E-state index contributed by atoms with van der Waals surface area (Å²) in [4.78, 5) is 2.29. The van der Waals surface area contributed by atoms with Crippen LogP contribution in [0.5, 0.6) is 0 Å². The molecule has 19 heavy (non-hydrogen) atoms. The highest BCUT2D eigenvalue weighted by atomic mass is 15.1. The molecule has 112 valence electrons. The lowest BCUT2D eigenvalue weighted by Gasteiger charge is -2.21. The maximum absolute atomic E-state index is 3.70. The summed E-state index contributed by atoms with van der Waals surface area (Å²) in [5.74, 6) is 0.903. The number of unbranched alkanes of at least 4 members (excludes halogenated alkanes) is 1. The first-order valence-corrected chi connectivity index (χ1v) is 7.77. The Balaban J connectivity index is 0. The molecule has 0 fully saturated rings. The fourth-order valence-electron chi connectivity index (χ4n) is 1.76. The van der Waals surface area contributed by atoms with Crippen LogP contribution in [-0.2, 0) is 0 Å². The summed E-state index contributed by atoms with van der Waals surface area (Å²) in [6, 6.07) is 0. The van der Waals surface area contributed by atoms with Crippen LogP contribution >= 0.6 is 0 Å². The van der Waals surface area contributed by atoms with Gasteiger partial charge >= 0.3 is 0 Å². The smallest absolute Gasteiger partial charge is 0.0362 e. The molecule has 0 radical (unpaired) electrons. The SMILES string of the molecule is C=C/C=C(\C=C/C)N(CC)CC.CCCCC(C)C. The number of hydrogen-bond acceptors (Lipinski definition) is 1. The van der Waals surface area contributed by atoms with Gasteiger partial charge in [-0.25, -0.2) is 0 Å². The van der Waals surface area contributed by atoms with Crippen molar-refractivity contribution in [2.75, 3.05) is 13.1 Å². The summed E-state index contributed by atoms with van der Waals surface area (Å²) in [5, 5.41) is 0. The predicted octanol–water partition coefficient (Wildman–Crippen LogP) is 5.81. The van der Waals surface area contributed by atoms with Gasteiger partial charge in [0.2, 0.25) is 0 Å². The van der Waals surface area contributed by atoms with E-state index in [1.807, 2.05) is 25.2 Å². The maximum Gasteiger partial charge on any atom is 0.0362 e. The Kier molecular flexibility index (Phi) is 16.1. The summed E-state index contributed by atoms with van der Waals surface area (Å²) < 4.78 is 0. The van der Waals surface area contributed by atoms with E-state index in [9.17, 15) is 0 Å². The number of nitrogens with zero attached hydrogens (tertiary/aromatic N) is 1. The van der Waals surface area contributed by atoms with Gasteiger partial charge in [0.25, 0.3) is 0 Å². The second-order valence-corrected chi connectivity index (χ2v) is 5.04. The summed E-state index contributed by atoms with van der Waals surface area (Å²) >= 11 is 0. The number of likely N-dealkylation sites (N-methyl/N-ethyl adjacent to an activating group) is 1. The quantitative estimate of drug-likeness (QED) is 0.501. The number of rotatable bonds is 8. The molecule has 0 heterocycles. The van der Waals surface area contributed by atoms with Crippen LogP contribution in [0.4, 0.5) is 0 Å². The Morgan fingerprint density at radius 2 is 1.74 bits per heavy atom. The zero-order valence-corrected chi connectivity index (χ0v) is 14.1. The minimum absolute atomic E-state index is 0.903. The van der Waals surface area contributed by atoms with Crippen molar-refractivity contribution < 1.29 is 0 Å². The molecule has 0 saturated heterocycles. The lowest BCUT2D eigenvalue weighted by molar-refractivity contribution is 0.394. The van der Waals surface area contributed by atoms with Gasteiger partial charge in [0.1, 0.15) is 0 Å². The molecular weight excluding hydrogens is 230 g/mol. The van der Waals surface area contributed by atoms with Crippen LogP contribution in [-0.4, -0.2) is 18.0 Å². The normalized spacial score (nSPS) is 11.4. The van der Waals surface area contributed by atoms with Crippen LogP contribution in [0.25, 0.3) is 0 Å². The van der Waals surface area contributed by atoms with E-state index >= 15 is 0 Å². The van der Waals surface area contributed by atoms with E-state index in [1.54, 1.807) is 0 Å². The molecule has 0 aliphatic heterocycles. The topological polar surface area (TPSA) is 3.24 Å². The first-order chi connectivity index (χ1) is 9.06. The highest BCUT2D eigenvalue weighted by Gasteiger charge is 1.98. The largest absolute Gasteiger partial charge is 0.372 e. The standard InChI is InChI=1S/C11H19N.C7H16/c1-5-9-11(10-6-2)12(7-3)8-4;1-4-5-6-7(2)3/h5-6,9-10H,1,7-8H2,2-4H3;7H,4-6H2,1-3H3/b10-6-,11-9+;. The zero-order chi connectivity index (χ0) is 15.1. The van der Waals surface area contributed by atoms with E-state index in [1.165, 1.54) is 25.0 Å². The van der Waals surface area contributed by atoms with Gasteiger partial charge < -0.3 is 4.90 Å². The van der Waals surface area contributed by atoms with Crippen molar-refractivity contribution >= 4 is 0 Å². The molecule has 0 atom stereocenters. The Morgan fingerprint density at radius 1 is 1.16 bits per heavy atom. The van der Waals surface area contributed by atoms with Gasteiger partial charge in [-0.1, -0.05) is 58.8 Å². The summed E-state index contributed by atoms with van der Waals surface area (Å²) in [7, 11) is 0. The van der Waals surface area contributed by atoms with Crippen molar-refractivity contribution in [1.82, 2.24) is 4.90 Å². The summed E-state index contributed by atoms with van der Waals surface area (Å²) in [5.41, 5.74) is 1.23. The van der Waals surface area contributed by atoms with Crippen LogP contribution < -0.4 is 0 Å². The Morgan fingerprint density at radius 3 is 2.00 bits per heavy atom. The molecule has 1 heteroatoms. The van der Waals surface area contributed by atoms with Crippen LogP contribution in [0, 0.1) is 5.92 Å². The molecule has 0 aliphatic carbocycles. The van der Waals surface area contributed by atoms with Gasteiger partial charge in [-0.15, -0.1) is 0 Å². The van der Waals surface area contributed by atoms with Gasteiger partial charge in [0.05, 0.1) is 0 Å². The number of allylic oxidation sites excluding steroid dienone is 4. The molecule has 0 bridgehead atoms. The van der Waals surface area contributed by atoms with Gasteiger partial charge in [-0.3, -0.25) is 0 Å². The fraction of sp³-hybridized carbons (Fsp3) is 0.667. The van der Waals surface area contributed by atoms with Gasteiger partial charge in [-0.2, -0.15) is 0 Å². The van der Waals surface area contributed by atoms with E-state index in [0.29, 0.717) is 0 Å². The first kappa shape index (κ1) is 20.3. The van der Waals surface area contributed by atoms with Crippen molar-refractivity contribution in [3.8, 4) is 0 Å². The van der Waals surface area contributed by atoms with Crippen molar-refractivity contribution in [2.45, 2.75) is 60.8 Å². The third-order valence-corrected chi connectivity index (χ3v) is 2.89. The van der Waals surface area contributed by atoms with Gasteiger partial charge in [0, 0.05) is 18.8 Å².